The molecular formula is C15H18N2O4. The molecule has 2 N–H and O–H groups in total. The summed E-state index contributed by atoms with van der Waals surface area (Å²) in [6.45, 7) is 2.08. The van der Waals surface area contributed by atoms with E-state index in [0.717, 1.165) is 0 Å². The molecule has 2 heterocycles. The van der Waals surface area contributed by atoms with E-state index in [4.69, 9.17) is 0 Å². The summed E-state index contributed by atoms with van der Waals surface area (Å²) in [6, 6.07) is 10.3. The van der Waals surface area contributed by atoms with E-state index in [2.05, 4.69) is 29.7 Å². The molecule has 0 unspecified atom stereocenters. The summed E-state index contributed by atoms with van der Waals surface area (Å²) < 4.78 is 0. The van der Waals surface area contributed by atoms with Crippen molar-refractivity contribution in [3.8, 4) is 0 Å². The van der Waals surface area contributed by atoms with Gasteiger partial charge in [-0.05, 0) is 6.92 Å². The number of rotatable bonds is 0. The van der Waals surface area contributed by atoms with Crippen LogP contribution < -0.4 is 10.6 Å². The lowest BCUT2D eigenvalue weighted by molar-refractivity contribution is -0.126. The van der Waals surface area contributed by atoms with Crippen molar-refractivity contribution < 1.29 is 19.2 Å². The Kier molecular flexibility index (Phi) is 6.80. The number of carbonyl (C=O) groups excluding carboxylic acids is 4. The van der Waals surface area contributed by atoms with E-state index in [0.29, 0.717) is 25.7 Å². The lowest BCUT2D eigenvalue weighted by atomic mass is 10.2. The van der Waals surface area contributed by atoms with Gasteiger partial charge >= 0.3 is 0 Å². The number of imide groups is 2. The summed E-state index contributed by atoms with van der Waals surface area (Å²) in [5.74, 6) is -0.593. The molecule has 0 atom stereocenters. The first-order chi connectivity index (χ1) is 9.97. The van der Waals surface area contributed by atoms with E-state index in [1.165, 1.54) is 5.56 Å². The van der Waals surface area contributed by atoms with E-state index < -0.39 is 0 Å². The molecule has 2 aliphatic heterocycles. The summed E-state index contributed by atoms with van der Waals surface area (Å²) in [4.78, 5) is 40.5. The zero-order valence-electron chi connectivity index (χ0n) is 11.8. The van der Waals surface area contributed by atoms with Crippen molar-refractivity contribution in [2.75, 3.05) is 0 Å². The van der Waals surface area contributed by atoms with E-state index in [-0.39, 0.29) is 23.6 Å². The topological polar surface area (TPSA) is 92.3 Å². The number of benzene rings is 1. The Morgan fingerprint density at radius 1 is 0.667 bits per heavy atom. The van der Waals surface area contributed by atoms with Crippen molar-refractivity contribution in [1.29, 1.82) is 0 Å². The second kappa shape index (κ2) is 8.63. The SMILES string of the molecule is Cc1ccccc1.O=C1CCC(=O)N1.O=C1CCC(=O)N1. The molecular weight excluding hydrogens is 272 g/mol. The van der Waals surface area contributed by atoms with Crippen LogP contribution in [0.3, 0.4) is 0 Å². The normalized spacial score (nSPS) is 16.2. The van der Waals surface area contributed by atoms with Crippen LogP contribution in [0.2, 0.25) is 0 Å². The van der Waals surface area contributed by atoms with Crippen molar-refractivity contribution in [1.82, 2.24) is 10.6 Å². The molecule has 2 aliphatic rings. The zero-order chi connectivity index (χ0) is 15.7. The minimum atomic E-state index is -0.148. The number of nitrogens with one attached hydrogen (secondary N) is 2. The summed E-state index contributed by atoms with van der Waals surface area (Å²) >= 11 is 0. The molecule has 1 aromatic rings. The van der Waals surface area contributed by atoms with Gasteiger partial charge in [0.2, 0.25) is 23.6 Å². The Bertz CT molecular complexity index is 468. The van der Waals surface area contributed by atoms with Gasteiger partial charge in [0.15, 0.2) is 0 Å². The standard InChI is InChI=1S/C7H8.2C4H5NO2/c1-7-5-3-2-4-6-7;2*6-3-1-2-4(7)5-3/h2-6H,1H3;2*1-2H2,(H,5,6,7). The molecule has 0 aromatic heterocycles. The average Bonchev–Trinajstić information content (AvgIpc) is 3.00. The largest absolute Gasteiger partial charge is 0.296 e. The molecule has 0 aliphatic carbocycles. The van der Waals surface area contributed by atoms with Crippen molar-refractivity contribution in [3.63, 3.8) is 0 Å². The van der Waals surface area contributed by atoms with Crippen molar-refractivity contribution in [2.45, 2.75) is 32.6 Å². The van der Waals surface area contributed by atoms with Crippen LogP contribution in [0.5, 0.6) is 0 Å². The third-order valence-electron chi connectivity index (χ3n) is 2.66. The van der Waals surface area contributed by atoms with Gasteiger partial charge in [-0.15, -0.1) is 0 Å². The van der Waals surface area contributed by atoms with Crippen molar-refractivity contribution >= 4 is 23.6 Å². The summed E-state index contributed by atoms with van der Waals surface area (Å²) in [5, 5.41) is 4.28. The fourth-order valence-corrected chi connectivity index (χ4v) is 1.55. The predicted octanol–water partition coefficient (Wildman–Crippen LogP) is 0.841. The van der Waals surface area contributed by atoms with Gasteiger partial charge in [-0.2, -0.15) is 0 Å². The van der Waals surface area contributed by atoms with Gasteiger partial charge in [0.05, 0.1) is 0 Å². The summed E-state index contributed by atoms with van der Waals surface area (Å²) in [7, 11) is 0. The van der Waals surface area contributed by atoms with Gasteiger partial charge in [0.25, 0.3) is 0 Å². The number of hydrogen-bond donors (Lipinski definition) is 2. The van der Waals surface area contributed by atoms with Gasteiger partial charge in [-0.1, -0.05) is 35.9 Å². The molecule has 2 saturated heterocycles. The summed E-state index contributed by atoms with van der Waals surface area (Å²) in [6.07, 6.45) is 1.50. The van der Waals surface area contributed by atoms with Crippen molar-refractivity contribution in [2.24, 2.45) is 0 Å². The van der Waals surface area contributed by atoms with Gasteiger partial charge in [0.1, 0.15) is 0 Å². The fourth-order valence-electron chi connectivity index (χ4n) is 1.55. The van der Waals surface area contributed by atoms with Crippen LogP contribution in [0.15, 0.2) is 30.3 Å². The first kappa shape index (κ1) is 16.6. The molecule has 6 heteroatoms. The van der Waals surface area contributed by atoms with Crippen LogP contribution in [0.25, 0.3) is 0 Å². The summed E-state index contributed by atoms with van der Waals surface area (Å²) in [5.41, 5.74) is 1.32. The maximum Gasteiger partial charge on any atom is 0.227 e. The van der Waals surface area contributed by atoms with E-state index in [1.807, 2.05) is 18.2 Å². The van der Waals surface area contributed by atoms with E-state index >= 15 is 0 Å². The maximum absolute atomic E-state index is 10.1. The first-order valence-electron chi connectivity index (χ1n) is 6.64. The van der Waals surface area contributed by atoms with Crippen molar-refractivity contribution in [3.05, 3.63) is 35.9 Å². The molecule has 0 saturated carbocycles. The van der Waals surface area contributed by atoms with Crippen LogP contribution >= 0.6 is 0 Å². The van der Waals surface area contributed by atoms with E-state index in [9.17, 15) is 19.2 Å². The van der Waals surface area contributed by atoms with Gasteiger partial charge < -0.3 is 0 Å². The Morgan fingerprint density at radius 2 is 1.00 bits per heavy atom. The Hall–Kier alpha value is -2.50. The predicted molar refractivity (Wildman–Crippen MR) is 75.9 cm³/mol. The Balaban J connectivity index is 0.000000157. The quantitative estimate of drug-likeness (QED) is 0.693. The highest BCUT2D eigenvalue weighted by Crippen LogP contribution is 1.96. The Labute approximate surface area is 122 Å². The first-order valence-corrected chi connectivity index (χ1v) is 6.64. The molecule has 4 amide bonds. The van der Waals surface area contributed by atoms with Crippen LogP contribution in [0.4, 0.5) is 0 Å². The molecule has 0 bridgehead atoms. The number of hydrogen-bond acceptors (Lipinski definition) is 4. The van der Waals surface area contributed by atoms with Gasteiger partial charge in [-0.25, -0.2) is 0 Å². The minimum absolute atomic E-state index is 0.148. The zero-order valence-corrected chi connectivity index (χ0v) is 11.8. The number of aryl methyl sites for hydroxylation is 1. The lowest BCUT2D eigenvalue weighted by Crippen LogP contribution is -2.18. The molecule has 2 fully saturated rings. The minimum Gasteiger partial charge on any atom is -0.296 e. The second-order valence-corrected chi connectivity index (χ2v) is 4.60. The second-order valence-electron chi connectivity index (χ2n) is 4.60. The highest BCUT2D eigenvalue weighted by molar-refractivity contribution is 6.02. The number of carbonyl (C=O) groups is 4. The fraction of sp³-hybridized carbons (Fsp3) is 0.333. The van der Waals surface area contributed by atoms with Gasteiger partial charge in [0, 0.05) is 25.7 Å². The smallest absolute Gasteiger partial charge is 0.227 e. The molecule has 0 radical (unpaired) electrons. The Morgan fingerprint density at radius 3 is 1.14 bits per heavy atom. The monoisotopic (exact) mass is 290 g/mol. The molecule has 3 rings (SSSR count). The highest BCUT2D eigenvalue weighted by atomic mass is 16.2. The van der Waals surface area contributed by atoms with E-state index in [1.54, 1.807) is 0 Å². The van der Waals surface area contributed by atoms with Crippen LogP contribution in [0, 0.1) is 6.92 Å². The van der Waals surface area contributed by atoms with Crippen LogP contribution in [0.1, 0.15) is 31.2 Å². The highest BCUT2D eigenvalue weighted by Gasteiger charge is 2.16. The average molecular weight is 290 g/mol. The molecule has 0 spiro atoms. The maximum atomic E-state index is 10.1. The molecule has 21 heavy (non-hydrogen) atoms. The third-order valence-corrected chi connectivity index (χ3v) is 2.66. The molecule has 6 nitrogen and oxygen atoms in total. The molecule has 1 aromatic carbocycles. The van der Waals surface area contributed by atoms with Crippen LogP contribution in [-0.2, 0) is 19.2 Å². The lowest BCUT2D eigenvalue weighted by Gasteiger charge is -1.82. The molecule has 112 valence electrons. The third kappa shape index (κ3) is 7.61. The van der Waals surface area contributed by atoms with Crippen LogP contribution in [-0.4, -0.2) is 23.6 Å². The number of amides is 4. The van der Waals surface area contributed by atoms with Gasteiger partial charge in [-0.3, -0.25) is 29.8 Å².